The summed E-state index contributed by atoms with van der Waals surface area (Å²) in [6.45, 7) is 4.03. The molecule has 1 aromatic carbocycles. The van der Waals surface area contributed by atoms with Gasteiger partial charge in [0.2, 0.25) is 11.8 Å². The first-order valence-corrected chi connectivity index (χ1v) is 8.76. The van der Waals surface area contributed by atoms with Gasteiger partial charge in [-0.2, -0.15) is 0 Å². The molecule has 22 heavy (non-hydrogen) atoms. The normalized spacial score (nSPS) is 20.8. The highest BCUT2D eigenvalue weighted by Gasteiger charge is 2.32. The molecule has 118 valence electrons. The molecule has 0 saturated carbocycles. The molecule has 1 heterocycles. The summed E-state index contributed by atoms with van der Waals surface area (Å²) in [5.41, 5.74) is 0.699. The Morgan fingerprint density at radius 1 is 1.50 bits per heavy atom. The Kier molecular flexibility index (Phi) is 6.02. The van der Waals surface area contributed by atoms with Crippen molar-refractivity contribution in [2.45, 2.75) is 38.0 Å². The van der Waals surface area contributed by atoms with Gasteiger partial charge in [0.1, 0.15) is 5.25 Å². The third-order valence-electron chi connectivity index (χ3n) is 3.22. The second-order valence-electron chi connectivity index (χ2n) is 5.02. The third kappa shape index (κ3) is 4.58. The fourth-order valence-corrected chi connectivity index (χ4v) is 3.28. The molecule has 1 aliphatic heterocycles. The van der Waals surface area contributed by atoms with Gasteiger partial charge in [0.15, 0.2) is 5.17 Å². The maximum atomic E-state index is 12.1. The highest BCUT2D eigenvalue weighted by Crippen LogP contribution is 2.25. The second-order valence-corrected chi connectivity index (χ2v) is 7.07. The van der Waals surface area contributed by atoms with Gasteiger partial charge in [0.25, 0.3) is 0 Å². The molecule has 1 aromatic rings. The van der Waals surface area contributed by atoms with Crippen LogP contribution in [0, 0.1) is 0 Å². The Bertz CT molecular complexity index is 606. The highest BCUT2D eigenvalue weighted by atomic mass is 79.9. The van der Waals surface area contributed by atoms with Crippen molar-refractivity contribution in [3.8, 4) is 0 Å². The van der Waals surface area contributed by atoms with E-state index in [4.69, 9.17) is 0 Å². The molecule has 0 bridgehead atoms. The van der Waals surface area contributed by atoms with Crippen LogP contribution in [0.4, 0.5) is 5.69 Å². The number of amidine groups is 1. The predicted octanol–water partition coefficient (Wildman–Crippen LogP) is 3.16. The number of carbonyl (C=O) groups is 2. The quantitative estimate of drug-likeness (QED) is 0.819. The van der Waals surface area contributed by atoms with Gasteiger partial charge >= 0.3 is 0 Å². The van der Waals surface area contributed by atoms with Crippen LogP contribution < -0.4 is 10.6 Å². The fraction of sp³-hybridized carbons (Fsp3) is 0.400. The van der Waals surface area contributed by atoms with E-state index in [0.717, 1.165) is 10.9 Å². The lowest BCUT2D eigenvalue weighted by molar-refractivity contribution is -0.122. The first-order valence-electron chi connectivity index (χ1n) is 7.09. The molecule has 0 radical (unpaired) electrons. The third-order valence-corrected chi connectivity index (χ3v) is 5.01. The van der Waals surface area contributed by atoms with Crippen LogP contribution in [-0.4, -0.2) is 28.3 Å². The molecule has 0 spiro atoms. The van der Waals surface area contributed by atoms with E-state index in [2.05, 4.69) is 31.6 Å². The van der Waals surface area contributed by atoms with Gasteiger partial charge in [0.05, 0.1) is 5.69 Å². The van der Waals surface area contributed by atoms with Gasteiger partial charge in [-0.25, -0.2) is 0 Å². The molecule has 0 aromatic heterocycles. The largest absolute Gasteiger partial charge is 0.325 e. The van der Waals surface area contributed by atoms with E-state index < -0.39 is 5.25 Å². The molecule has 1 saturated heterocycles. The van der Waals surface area contributed by atoms with Gasteiger partial charge < -0.3 is 10.6 Å². The Balaban J connectivity index is 1.94. The zero-order valence-electron chi connectivity index (χ0n) is 12.4. The summed E-state index contributed by atoms with van der Waals surface area (Å²) in [6, 6.07) is 7.53. The molecule has 2 N–H and O–H groups in total. The minimum absolute atomic E-state index is 0.122. The average Bonchev–Trinajstić information content (AvgIpc) is 2.81. The van der Waals surface area contributed by atoms with E-state index in [-0.39, 0.29) is 24.3 Å². The van der Waals surface area contributed by atoms with E-state index in [9.17, 15) is 9.59 Å². The zero-order valence-corrected chi connectivity index (χ0v) is 14.8. The number of benzene rings is 1. The molecular formula is C15H18BrN3O2S. The molecule has 0 aliphatic carbocycles. The summed E-state index contributed by atoms with van der Waals surface area (Å²) >= 11 is 4.70. The van der Waals surface area contributed by atoms with Crippen molar-refractivity contribution in [1.82, 2.24) is 5.32 Å². The lowest BCUT2D eigenvalue weighted by Crippen LogP contribution is -2.28. The molecule has 0 unspecified atom stereocenters. The van der Waals surface area contributed by atoms with Gasteiger partial charge in [0, 0.05) is 16.9 Å². The van der Waals surface area contributed by atoms with Crippen molar-refractivity contribution in [3.05, 3.63) is 28.7 Å². The maximum absolute atomic E-state index is 12.1. The van der Waals surface area contributed by atoms with Crippen LogP contribution in [0.15, 0.2) is 33.7 Å². The summed E-state index contributed by atoms with van der Waals surface area (Å²) in [6.07, 6.45) is 1.03. The summed E-state index contributed by atoms with van der Waals surface area (Å²) in [5.74, 6) is -0.348. The topological polar surface area (TPSA) is 70.6 Å². The standard InChI is InChI=1S/C15H18BrN3O2S/c1-3-9(2)17-15-19-14(21)12(22-15)8-13(20)18-11-7-5-4-6-10(11)16/h4-7,9,12H,3,8H2,1-2H3,(H,18,20)(H,17,19,21)/t9-,12-/m1/s1. The van der Waals surface area contributed by atoms with Crippen LogP contribution in [0.25, 0.3) is 0 Å². The molecule has 7 heteroatoms. The molecule has 1 aliphatic rings. The van der Waals surface area contributed by atoms with E-state index >= 15 is 0 Å². The van der Waals surface area contributed by atoms with E-state index in [1.165, 1.54) is 11.8 Å². The second kappa shape index (κ2) is 7.78. The summed E-state index contributed by atoms with van der Waals surface area (Å²) in [7, 11) is 0. The van der Waals surface area contributed by atoms with Crippen LogP contribution in [0.2, 0.25) is 0 Å². The predicted molar refractivity (Wildman–Crippen MR) is 94.1 cm³/mol. The number of hydrogen-bond donors (Lipinski definition) is 2. The monoisotopic (exact) mass is 383 g/mol. The Labute approximate surface area is 142 Å². The number of aliphatic imine (C=N–C) groups is 1. The summed E-state index contributed by atoms with van der Waals surface area (Å²) in [5, 5.41) is 5.72. The molecule has 5 nitrogen and oxygen atoms in total. The number of amides is 2. The summed E-state index contributed by atoms with van der Waals surface area (Å²) < 4.78 is 0.811. The van der Waals surface area contributed by atoms with Crippen LogP contribution in [-0.2, 0) is 9.59 Å². The van der Waals surface area contributed by atoms with Crippen molar-refractivity contribution in [2.24, 2.45) is 4.99 Å². The fourth-order valence-electron chi connectivity index (χ4n) is 1.82. The first-order chi connectivity index (χ1) is 10.5. The molecule has 2 atom stereocenters. The number of nitrogens with one attached hydrogen (secondary N) is 2. The Morgan fingerprint density at radius 2 is 2.23 bits per heavy atom. The lowest BCUT2D eigenvalue weighted by Gasteiger charge is -2.08. The first kappa shape index (κ1) is 17.0. The molecule has 2 rings (SSSR count). The van der Waals surface area contributed by atoms with E-state index in [1.54, 1.807) is 6.07 Å². The van der Waals surface area contributed by atoms with Crippen molar-refractivity contribution < 1.29 is 9.59 Å². The maximum Gasteiger partial charge on any atom is 0.240 e. The molecular weight excluding hydrogens is 366 g/mol. The van der Waals surface area contributed by atoms with Crippen LogP contribution in [0.1, 0.15) is 26.7 Å². The van der Waals surface area contributed by atoms with Gasteiger partial charge in [-0.05, 0) is 41.4 Å². The minimum Gasteiger partial charge on any atom is -0.325 e. The van der Waals surface area contributed by atoms with Gasteiger partial charge in [-0.3, -0.25) is 14.6 Å². The van der Waals surface area contributed by atoms with Gasteiger partial charge in [-0.15, -0.1) is 0 Å². The van der Waals surface area contributed by atoms with Crippen LogP contribution in [0.3, 0.4) is 0 Å². The minimum atomic E-state index is -0.426. The zero-order chi connectivity index (χ0) is 16.1. The van der Waals surface area contributed by atoms with Gasteiger partial charge in [-0.1, -0.05) is 30.8 Å². The van der Waals surface area contributed by atoms with Crippen molar-refractivity contribution in [2.75, 3.05) is 5.32 Å². The number of nitrogens with zero attached hydrogens (tertiary/aromatic N) is 1. The number of para-hydroxylation sites is 1. The number of anilines is 1. The Morgan fingerprint density at radius 3 is 2.91 bits per heavy atom. The number of rotatable bonds is 5. The number of carbonyl (C=O) groups excluding carboxylic acids is 2. The Hall–Kier alpha value is -1.34. The van der Waals surface area contributed by atoms with Crippen LogP contribution in [0.5, 0.6) is 0 Å². The SMILES string of the molecule is CC[C@@H](C)N=C1NC(=O)[C@@H](CC(=O)Nc2ccccc2Br)S1. The average molecular weight is 384 g/mol. The number of halogens is 1. The number of thioether (sulfide) groups is 1. The number of hydrogen-bond acceptors (Lipinski definition) is 4. The molecule has 1 fully saturated rings. The molecule has 2 amide bonds. The summed E-state index contributed by atoms with van der Waals surface area (Å²) in [4.78, 5) is 28.4. The van der Waals surface area contributed by atoms with Crippen molar-refractivity contribution in [3.63, 3.8) is 0 Å². The smallest absolute Gasteiger partial charge is 0.240 e. The van der Waals surface area contributed by atoms with Crippen molar-refractivity contribution in [1.29, 1.82) is 0 Å². The van der Waals surface area contributed by atoms with Crippen LogP contribution >= 0.6 is 27.7 Å². The highest BCUT2D eigenvalue weighted by molar-refractivity contribution is 9.10. The van der Waals surface area contributed by atoms with Crippen molar-refractivity contribution >= 4 is 50.4 Å². The van der Waals surface area contributed by atoms with E-state index in [0.29, 0.717) is 10.9 Å². The van der Waals surface area contributed by atoms with E-state index in [1.807, 2.05) is 32.0 Å². The lowest BCUT2D eigenvalue weighted by atomic mass is 10.2.